The molecule has 0 radical (unpaired) electrons. The minimum absolute atomic E-state index is 0.169. The number of benzene rings is 2. The van der Waals surface area contributed by atoms with Gasteiger partial charge in [0.1, 0.15) is 6.04 Å². The molecule has 0 aliphatic heterocycles. The molecule has 0 aromatic heterocycles. The van der Waals surface area contributed by atoms with Crippen LogP contribution in [0.15, 0.2) is 55.1 Å². The van der Waals surface area contributed by atoms with E-state index in [0.29, 0.717) is 6.61 Å². The first-order valence-electron chi connectivity index (χ1n) is 6.45. The molecule has 1 amide bonds. The van der Waals surface area contributed by atoms with Crippen molar-refractivity contribution >= 4 is 22.4 Å². The maximum atomic E-state index is 12.0. The van der Waals surface area contributed by atoms with Gasteiger partial charge in [0, 0.05) is 11.1 Å². The summed E-state index contributed by atoms with van der Waals surface area (Å²) in [5.74, 6) is -0.259. The fourth-order valence-electron chi connectivity index (χ4n) is 1.91. The van der Waals surface area contributed by atoms with Crippen LogP contribution in [0.1, 0.15) is 0 Å². The predicted molar refractivity (Wildman–Crippen MR) is 81.6 cm³/mol. The number of fused-ring (bicyclic) bond motifs is 1. The van der Waals surface area contributed by atoms with Gasteiger partial charge in [-0.3, -0.25) is 4.79 Å². The fourth-order valence-corrected chi connectivity index (χ4v) is 1.91. The second-order valence-corrected chi connectivity index (χ2v) is 4.45. The van der Waals surface area contributed by atoms with E-state index in [4.69, 9.17) is 10.5 Å². The van der Waals surface area contributed by atoms with Gasteiger partial charge < -0.3 is 15.8 Å². The first kappa shape index (κ1) is 14.2. The van der Waals surface area contributed by atoms with Crippen molar-refractivity contribution in [1.82, 2.24) is 0 Å². The quantitative estimate of drug-likeness (QED) is 0.625. The summed E-state index contributed by atoms with van der Waals surface area (Å²) in [5, 5.41) is 4.90. The minimum atomic E-state index is -0.700. The molecular formula is C16H18N2O2. The van der Waals surface area contributed by atoms with E-state index < -0.39 is 6.04 Å². The van der Waals surface area contributed by atoms with Crippen molar-refractivity contribution in [3.8, 4) is 0 Å². The van der Waals surface area contributed by atoms with Crippen LogP contribution in [0.5, 0.6) is 0 Å². The summed E-state index contributed by atoms with van der Waals surface area (Å²) in [5.41, 5.74) is 6.54. The zero-order chi connectivity index (χ0) is 14.4. The highest BCUT2D eigenvalue weighted by atomic mass is 16.5. The van der Waals surface area contributed by atoms with Gasteiger partial charge in [-0.2, -0.15) is 0 Å². The lowest BCUT2D eigenvalue weighted by Crippen LogP contribution is -2.39. The third-order valence-electron chi connectivity index (χ3n) is 2.92. The van der Waals surface area contributed by atoms with Crippen LogP contribution in [0.2, 0.25) is 0 Å². The number of anilines is 1. The van der Waals surface area contributed by atoms with Gasteiger partial charge in [-0.05, 0) is 11.5 Å². The number of ether oxygens (including phenoxy) is 1. The summed E-state index contributed by atoms with van der Waals surface area (Å²) >= 11 is 0. The lowest BCUT2D eigenvalue weighted by Gasteiger charge is -2.13. The van der Waals surface area contributed by atoms with Gasteiger partial charge in [0.25, 0.3) is 0 Å². The monoisotopic (exact) mass is 270 g/mol. The van der Waals surface area contributed by atoms with Crippen molar-refractivity contribution in [2.24, 2.45) is 5.73 Å². The van der Waals surface area contributed by atoms with E-state index in [-0.39, 0.29) is 12.5 Å². The summed E-state index contributed by atoms with van der Waals surface area (Å²) < 4.78 is 5.19. The third-order valence-corrected chi connectivity index (χ3v) is 2.92. The molecule has 0 bridgehead atoms. The molecule has 1 atom stereocenters. The van der Waals surface area contributed by atoms with Crippen molar-refractivity contribution in [1.29, 1.82) is 0 Å². The zero-order valence-electron chi connectivity index (χ0n) is 11.2. The Balaban J connectivity index is 2.08. The topological polar surface area (TPSA) is 64.3 Å². The van der Waals surface area contributed by atoms with E-state index >= 15 is 0 Å². The van der Waals surface area contributed by atoms with Crippen LogP contribution in [-0.2, 0) is 9.53 Å². The van der Waals surface area contributed by atoms with Gasteiger partial charge >= 0.3 is 0 Å². The van der Waals surface area contributed by atoms with Gasteiger partial charge in [0.05, 0.1) is 13.2 Å². The Hall–Kier alpha value is -2.17. The van der Waals surface area contributed by atoms with E-state index in [2.05, 4.69) is 11.9 Å². The molecule has 2 rings (SSSR count). The molecule has 1 unspecified atom stereocenters. The van der Waals surface area contributed by atoms with Crippen LogP contribution in [-0.4, -0.2) is 25.2 Å². The Morgan fingerprint density at radius 3 is 2.85 bits per heavy atom. The number of carbonyl (C=O) groups excluding carboxylic acids is 1. The van der Waals surface area contributed by atoms with Gasteiger partial charge in [-0.1, -0.05) is 42.5 Å². The molecule has 0 spiro atoms. The molecule has 20 heavy (non-hydrogen) atoms. The smallest absolute Gasteiger partial charge is 0.243 e. The summed E-state index contributed by atoms with van der Waals surface area (Å²) in [6.07, 6.45) is 1.62. The lowest BCUT2D eigenvalue weighted by molar-refractivity contribution is -0.118. The van der Waals surface area contributed by atoms with Crippen LogP contribution in [0, 0.1) is 0 Å². The van der Waals surface area contributed by atoms with Crippen LogP contribution in [0.4, 0.5) is 5.69 Å². The molecule has 3 N–H and O–H groups in total. The number of hydrogen-bond acceptors (Lipinski definition) is 3. The number of nitrogens with one attached hydrogen (secondary N) is 1. The Morgan fingerprint density at radius 2 is 2.05 bits per heavy atom. The highest BCUT2D eigenvalue weighted by molar-refractivity contribution is 6.03. The van der Waals surface area contributed by atoms with Crippen molar-refractivity contribution in [3.05, 3.63) is 55.1 Å². The van der Waals surface area contributed by atoms with Gasteiger partial charge in [-0.25, -0.2) is 0 Å². The molecule has 0 saturated carbocycles. The summed E-state index contributed by atoms with van der Waals surface area (Å²) in [6, 6.07) is 12.9. The molecule has 0 fully saturated rings. The molecule has 0 heterocycles. The highest BCUT2D eigenvalue weighted by Gasteiger charge is 2.14. The number of hydrogen-bond donors (Lipinski definition) is 2. The molecule has 0 aliphatic rings. The summed E-state index contributed by atoms with van der Waals surface area (Å²) in [7, 11) is 0. The Labute approximate surface area is 118 Å². The molecule has 4 nitrogen and oxygen atoms in total. The number of rotatable bonds is 6. The number of nitrogens with two attached hydrogens (primary N) is 1. The first-order valence-corrected chi connectivity index (χ1v) is 6.45. The Morgan fingerprint density at radius 1 is 1.30 bits per heavy atom. The molecule has 104 valence electrons. The first-order chi connectivity index (χ1) is 9.72. The Kier molecular flexibility index (Phi) is 4.87. The van der Waals surface area contributed by atoms with Gasteiger partial charge in [0.15, 0.2) is 0 Å². The second-order valence-electron chi connectivity index (χ2n) is 4.45. The number of amides is 1. The van der Waals surface area contributed by atoms with Crippen molar-refractivity contribution in [3.63, 3.8) is 0 Å². The van der Waals surface area contributed by atoms with E-state index in [1.54, 1.807) is 6.08 Å². The zero-order valence-corrected chi connectivity index (χ0v) is 11.2. The number of carbonyl (C=O) groups is 1. The van der Waals surface area contributed by atoms with E-state index in [0.717, 1.165) is 16.5 Å². The van der Waals surface area contributed by atoms with Crippen LogP contribution in [0.3, 0.4) is 0 Å². The third kappa shape index (κ3) is 3.44. The van der Waals surface area contributed by atoms with Gasteiger partial charge in [0.2, 0.25) is 5.91 Å². The molecule has 2 aromatic carbocycles. The largest absolute Gasteiger partial charge is 0.375 e. The summed E-state index contributed by atoms with van der Waals surface area (Å²) in [4.78, 5) is 12.0. The molecule has 0 aliphatic carbocycles. The predicted octanol–water partition coefficient (Wildman–Crippen LogP) is 2.31. The van der Waals surface area contributed by atoms with Crippen LogP contribution < -0.4 is 11.1 Å². The van der Waals surface area contributed by atoms with Crippen molar-refractivity contribution in [2.45, 2.75) is 6.04 Å². The normalized spacial score (nSPS) is 12.1. The minimum Gasteiger partial charge on any atom is -0.375 e. The lowest BCUT2D eigenvalue weighted by atomic mass is 10.1. The average Bonchev–Trinajstić information content (AvgIpc) is 2.47. The molecular weight excluding hydrogens is 252 g/mol. The average molecular weight is 270 g/mol. The van der Waals surface area contributed by atoms with E-state index in [1.807, 2.05) is 42.5 Å². The SMILES string of the molecule is C=CCOCC(N)C(=O)Nc1cccc2ccccc12. The van der Waals surface area contributed by atoms with E-state index in [1.165, 1.54) is 0 Å². The maximum absolute atomic E-state index is 12.0. The van der Waals surface area contributed by atoms with Crippen LogP contribution >= 0.6 is 0 Å². The molecule has 0 saturated heterocycles. The van der Waals surface area contributed by atoms with Crippen LogP contribution in [0.25, 0.3) is 10.8 Å². The standard InChI is InChI=1S/C16H18N2O2/c1-2-10-20-11-14(17)16(19)18-15-9-5-7-12-6-3-4-8-13(12)15/h2-9,14H,1,10-11,17H2,(H,18,19). The van der Waals surface area contributed by atoms with Crippen molar-refractivity contribution < 1.29 is 9.53 Å². The molecule has 2 aromatic rings. The van der Waals surface area contributed by atoms with E-state index in [9.17, 15) is 4.79 Å². The van der Waals surface area contributed by atoms with Crippen molar-refractivity contribution in [2.75, 3.05) is 18.5 Å². The maximum Gasteiger partial charge on any atom is 0.243 e. The molecule has 4 heteroatoms. The fraction of sp³-hybridized carbons (Fsp3) is 0.188. The second kappa shape index (κ2) is 6.84. The summed E-state index contributed by atoms with van der Waals surface area (Å²) in [6.45, 7) is 4.09. The highest BCUT2D eigenvalue weighted by Crippen LogP contribution is 2.22. The van der Waals surface area contributed by atoms with Gasteiger partial charge in [-0.15, -0.1) is 6.58 Å². The Bertz CT molecular complexity index is 605.